The minimum atomic E-state index is -4.82. The highest BCUT2D eigenvalue weighted by Crippen LogP contribution is 2.39. The van der Waals surface area contributed by atoms with Crippen LogP contribution in [0.3, 0.4) is 0 Å². The SMILES string of the molecule is CC(=O)SCC(=Cc1ccc(OC(F)(F)F)c(N)c1)B1OC(C)(C)C(C)(C)O1. The maximum Gasteiger partial charge on any atom is 0.573 e. The number of benzene rings is 1. The van der Waals surface area contributed by atoms with Gasteiger partial charge in [-0.3, -0.25) is 4.79 Å². The fourth-order valence-corrected chi connectivity index (χ4v) is 3.03. The number of thioether (sulfide) groups is 1. The molecule has 0 spiro atoms. The van der Waals surface area contributed by atoms with E-state index in [1.807, 2.05) is 27.7 Å². The lowest BCUT2D eigenvalue weighted by atomic mass is 9.78. The Morgan fingerprint density at radius 1 is 1.25 bits per heavy atom. The van der Waals surface area contributed by atoms with Crippen LogP contribution in [0.1, 0.15) is 40.2 Å². The molecule has 1 heterocycles. The van der Waals surface area contributed by atoms with Crippen molar-refractivity contribution in [3.05, 3.63) is 29.2 Å². The van der Waals surface area contributed by atoms with Crippen LogP contribution in [-0.2, 0) is 14.1 Å². The van der Waals surface area contributed by atoms with Gasteiger partial charge in [-0.05, 0) is 50.9 Å². The van der Waals surface area contributed by atoms with Crippen LogP contribution in [0.5, 0.6) is 5.75 Å². The van der Waals surface area contributed by atoms with Crippen molar-refractivity contribution in [3.8, 4) is 5.75 Å². The molecule has 0 aromatic heterocycles. The number of anilines is 1. The molecule has 0 aliphatic carbocycles. The summed E-state index contributed by atoms with van der Waals surface area (Å²) in [5.74, 6) is -0.160. The molecule has 0 amide bonds. The number of nitrogen functional groups attached to an aromatic ring is 1. The van der Waals surface area contributed by atoms with Crippen molar-refractivity contribution in [3.63, 3.8) is 0 Å². The van der Waals surface area contributed by atoms with Gasteiger partial charge in [0.2, 0.25) is 0 Å². The number of ether oxygens (including phenoxy) is 1. The first-order chi connectivity index (χ1) is 12.7. The van der Waals surface area contributed by atoms with E-state index in [1.54, 1.807) is 6.08 Å². The number of alkyl halides is 3. The lowest BCUT2D eigenvalue weighted by molar-refractivity contribution is -0.274. The summed E-state index contributed by atoms with van der Waals surface area (Å²) in [6.07, 6.45) is -3.12. The number of carbonyl (C=O) groups is 1. The molecule has 0 unspecified atom stereocenters. The quantitative estimate of drug-likeness (QED) is 0.564. The first kappa shape index (κ1) is 22.6. The Morgan fingerprint density at radius 3 is 2.29 bits per heavy atom. The fraction of sp³-hybridized carbons (Fsp3) is 0.500. The second-order valence-corrected chi connectivity index (χ2v) is 8.59. The summed E-state index contributed by atoms with van der Waals surface area (Å²) in [6, 6.07) is 3.96. The molecule has 1 saturated heterocycles. The van der Waals surface area contributed by atoms with Gasteiger partial charge in [-0.1, -0.05) is 23.9 Å². The van der Waals surface area contributed by atoms with Gasteiger partial charge in [0.05, 0.1) is 16.9 Å². The van der Waals surface area contributed by atoms with Crippen molar-refractivity contribution in [1.29, 1.82) is 0 Å². The van der Waals surface area contributed by atoms with Gasteiger partial charge in [-0.25, -0.2) is 0 Å². The molecule has 2 N–H and O–H groups in total. The number of hydrogen-bond donors (Lipinski definition) is 1. The molecular weight excluding hydrogens is 394 g/mol. The second kappa shape index (κ2) is 8.00. The topological polar surface area (TPSA) is 70.8 Å². The zero-order valence-electron chi connectivity index (χ0n) is 16.3. The molecule has 0 radical (unpaired) electrons. The van der Waals surface area contributed by atoms with Crippen LogP contribution in [0.4, 0.5) is 18.9 Å². The highest BCUT2D eigenvalue weighted by Gasteiger charge is 2.52. The van der Waals surface area contributed by atoms with Crippen LogP contribution >= 0.6 is 11.8 Å². The number of rotatable bonds is 5. The minimum Gasteiger partial charge on any atom is -0.404 e. The first-order valence-electron chi connectivity index (χ1n) is 8.55. The third-order valence-electron chi connectivity index (χ3n) is 4.61. The molecular formula is C18H23BF3NO4S. The van der Waals surface area contributed by atoms with Crippen molar-refractivity contribution in [2.45, 2.75) is 52.2 Å². The highest BCUT2D eigenvalue weighted by atomic mass is 32.2. The number of nitrogens with two attached hydrogens (primary N) is 1. The standard InChI is InChI=1S/C18H23BF3NO4S/c1-11(24)28-10-13(19-26-16(2,3)17(4,5)27-19)8-12-6-7-15(14(23)9-12)25-18(20,21)22/h6-9H,10,23H2,1-5H3. The Labute approximate surface area is 166 Å². The molecule has 1 aromatic rings. The van der Waals surface area contributed by atoms with Gasteiger partial charge in [0.1, 0.15) is 0 Å². The summed E-state index contributed by atoms with van der Waals surface area (Å²) in [4.78, 5) is 11.4. The van der Waals surface area contributed by atoms with Gasteiger partial charge in [0.25, 0.3) is 0 Å². The van der Waals surface area contributed by atoms with Gasteiger partial charge >= 0.3 is 13.5 Å². The highest BCUT2D eigenvalue weighted by molar-refractivity contribution is 8.13. The van der Waals surface area contributed by atoms with E-state index in [9.17, 15) is 18.0 Å². The van der Waals surface area contributed by atoms with Gasteiger partial charge in [-0.15, -0.1) is 13.2 Å². The zero-order valence-corrected chi connectivity index (χ0v) is 17.2. The van der Waals surface area contributed by atoms with Gasteiger partial charge < -0.3 is 19.8 Å². The molecule has 2 rings (SSSR count). The maximum atomic E-state index is 12.4. The Morgan fingerprint density at radius 2 is 1.82 bits per heavy atom. The largest absolute Gasteiger partial charge is 0.573 e. The molecule has 1 aromatic carbocycles. The van der Waals surface area contributed by atoms with E-state index < -0.39 is 30.4 Å². The molecule has 1 fully saturated rings. The van der Waals surface area contributed by atoms with Crippen LogP contribution in [-0.4, -0.2) is 35.6 Å². The molecule has 5 nitrogen and oxygen atoms in total. The van der Waals surface area contributed by atoms with E-state index in [4.69, 9.17) is 15.0 Å². The van der Waals surface area contributed by atoms with Crippen LogP contribution in [0.2, 0.25) is 0 Å². The molecule has 154 valence electrons. The predicted octanol–water partition coefficient (Wildman–Crippen LogP) is 4.46. The van der Waals surface area contributed by atoms with Crippen molar-refractivity contribution in [2.75, 3.05) is 11.5 Å². The van der Waals surface area contributed by atoms with E-state index in [0.29, 0.717) is 16.8 Å². The smallest absolute Gasteiger partial charge is 0.404 e. The van der Waals surface area contributed by atoms with Crippen LogP contribution in [0.25, 0.3) is 6.08 Å². The second-order valence-electron chi connectivity index (χ2n) is 7.43. The Bertz CT molecular complexity index is 765. The molecule has 28 heavy (non-hydrogen) atoms. The lowest BCUT2D eigenvalue weighted by Gasteiger charge is -2.32. The van der Waals surface area contributed by atoms with Gasteiger partial charge in [0.15, 0.2) is 10.9 Å². The summed E-state index contributed by atoms with van der Waals surface area (Å²) in [6.45, 7) is 9.08. The normalized spacial score (nSPS) is 19.0. The number of halogens is 3. The third-order valence-corrected chi connectivity index (χ3v) is 5.49. The lowest BCUT2D eigenvalue weighted by Crippen LogP contribution is -2.41. The monoisotopic (exact) mass is 417 g/mol. The Kier molecular flexibility index (Phi) is 6.47. The van der Waals surface area contributed by atoms with Crippen molar-refractivity contribution >= 4 is 35.8 Å². The van der Waals surface area contributed by atoms with Crippen LogP contribution in [0, 0.1) is 0 Å². The molecule has 0 bridgehead atoms. The predicted molar refractivity (Wildman–Crippen MR) is 105 cm³/mol. The average molecular weight is 417 g/mol. The van der Waals surface area contributed by atoms with E-state index in [1.165, 1.54) is 19.1 Å². The number of hydrogen-bond acceptors (Lipinski definition) is 6. The zero-order chi connectivity index (χ0) is 21.3. The molecule has 0 atom stereocenters. The molecule has 10 heteroatoms. The van der Waals surface area contributed by atoms with E-state index in [-0.39, 0.29) is 10.8 Å². The summed E-state index contributed by atoms with van der Waals surface area (Å²) < 4.78 is 53.1. The molecule has 1 aliphatic rings. The van der Waals surface area contributed by atoms with Crippen molar-refractivity contribution < 1.29 is 32.0 Å². The van der Waals surface area contributed by atoms with E-state index in [0.717, 1.165) is 17.8 Å². The van der Waals surface area contributed by atoms with Crippen LogP contribution in [0.15, 0.2) is 23.7 Å². The summed E-state index contributed by atoms with van der Waals surface area (Å²) in [7, 11) is -0.691. The number of carbonyl (C=O) groups excluding carboxylic acids is 1. The Balaban J connectivity index is 2.32. The van der Waals surface area contributed by atoms with Gasteiger partial charge in [0, 0.05) is 12.7 Å². The van der Waals surface area contributed by atoms with Crippen molar-refractivity contribution in [1.82, 2.24) is 0 Å². The first-order valence-corrected chi connectivity index (χ1v) is 9.53. The summed E-state index contributed by atoms with van der Waals surface area (Å²) in [5.41, 5.74) is 5.61. The van der Waals surface area contributed by atoms with E-state index >= 15 is 0 Å². The minimum absolute atomic E-state index is 0.0733. The fourth-order valence-electron chi connectivity index (χ4n) is 2.45. The summed E-state index contributed by atoms with van der Waals surface area (Å²) in [5, 5.41) is -0.0733. The molecule has 0 saturated carbocycles. The van der Waals surface area contributed by atoms with Gasteiger partial charge in [-0.2, -0.15) is 0 Å². The Hall–Kier alpha value is -1.65. The van der Waals surface area contributed by atoms with E-state index in [2.05, 4.69) is 4.74 Å². The maximum absolute atomic E-state index is 12.4. The molecule has 1 aliphatic heterocycles. The van der Waals surface area contributed by atoms with Crippen molar-refractivity contribution in [2.24, 2.45) is 0 Å². The van der Waals surface area contributed by atoms with Crippen LogP contribution < -0.4 is 10.5 Å². The third kappa shape index (κ3) is 5.68. The summed E-state index contributed by atoms with van der Waals surface area (Å²) >= 11 is 1.09. The average Bonchev–Trinajstić information content (AvgIpc) is 2.73.